The minimum absolute atomic E-state index is 0.0851. The number of carbonyl (C=O) groups excluding carboxylic acids is 2. The van der Waals surface area contributed by atoms with Crippen LogP contribution < -0.4 is 10.2 Å². The third-order valence-electron chi connectivity index (χ3n) is 7.10. The minimum atomic E-state index is -0.0851. The second-order valence-electron chi connectivity index (χ2n) is 9.67. The van der Waals surface area contributed by atoms with E-state index in [0.717, 1.165) is 65.3 Å². The summed E-state index contributed by atoms with van der Waals surface area (Å²) in [5, 5.41) is 10.7. The van der Waals surface area contributed by atoms with Crippen LogP contribution in [0.25, 0.3) is 27.5 Å². The maximum absolute atomic E-state index is 13.2. The number of thiophene rings is 1. The highest BCUT2D eigenvalue weighted by Crippen LogP contribution is 2.30. The number of hydrogen-bond donors (Lipinski definition) is 1. The monoisotopic (exact) mass is 608 g/mol. The van der Waals surface area contributed by atoms with E-state index in [1.807, 2.05) is 49.7 Å². The van der Waals surface area contributed by atoms with E-state index < -0.39 is 0 Å². The van der Waals surface area contributed by atoms with Gasteiger partial charge in [-0.25, -0.2) is 19.5 Å². The van der Waals surface area contributed by atoms with Crippen LogP contribution in [0.15, 0.2) is 48.1 Å². The number of fused-ring (bicyclic) bond motifs is 1. The predicted octanol–water partition coefficient (Wildman–Crippen LogP) is 4.85. The van der Waals surface area contributed by atoms with Crippen molar-refractivity contribution >= 4 is 35.1 Å². The first-order valence-electron chi connectivity index (χ1n) is 14.8. The second kappa shape index (κ2) is 16.7. The van der Waals surface area contributed by atoms with Crippen LogP contribution in [0.5, 0.6) is 0 Å². The summed E-state index contributed by atoms with van der Waals surface area (Å²) < 4.78 is 1.76. The molecule has 1 saturated heterocycles. The van der Waals surface area contributed by atoms with Gasteiger partial charge < -0.3 is 10.2 Å². The molecule has 0 aromatic carbocycles. The highest BCUT2D eigenvalue weighted by Gasteiger charge is 2.22. The van der Waals surface area contributed by atoms with E-state index in [9.17, 15) is 9.59 Å². The van der Waals surface area contributed by atoms with E-state index in [1.54, 1.807) is 22.0 Å². The number of nitrogens with one attached hydrogen (secondary N) is 1. The lowest BCUT2D eigenvalue weighted by molar-refractivity contribution is -0.153. The molecule has 0 saturated carbocycles. The molecule has 0 aliphatic carbocycles. The molecular weight excluding hydrogens is 564 g/mol. The number of carbonyl (C=O) groups is 2. The molecule has 1 aliphatic rings. The van der Waals surface area contributed by atoms with Crippen LogP contribution in [0.2, 0.25) is 0 Å². The summed E-state index contributed by atoms with van der Waals surface area (Å²) >= 11 is 1.65. The van der Waals surface area contributed by atoms with E-state index >= 15 is 0 Å². The molecule has 2 amide bonds. The van der Waals surface area contributed by atoms with Crippen molar-refractivity contribution in [3.05, 3.63) is 53.7 Å². The van der Waals surface area contributed by atoms with E-state index in [-0.39, 0.29) is 11.9 Å². The summed E-state index contributed by atoms with van der Waals surface area (Å²) in [6, 6.07) is 10.1. The zero-order chi connectivity index (χ0) is 31.4. The molecule has 12 heteroatoms. The van der Waals surface area contributed by atoms with Gasteiger partial charge in [0.1, 0.15) is 5.82 Å². The molecule has 0 radical (unpaired) electrons. The number of amides is 2. The molecule has 4 aromatic heterocycles. The molecule has 11 nitrogen and oxygen atoms in total. The van der Waals surface area contributed by atoms with Gasteiger partial charge in [-0.1, -0.05) is 33.8 Å². The number of anilines is 1. The molecule has 1 fully saturated rings. The first kappa shape index (κ1) is 33.6. The summed E-state index contributed by atoms with van der Waals surface area (Å²) in [6.07, 6.45) is 5.42. The van der Waals surface area contributed by atoms with Crippen LogP contribution >= 0.6 is 11.3 Å². The van der Waals surface area contributed by atoms with E-state index in [0.29, 0.717) is 24.2 Å². The molecule has 1 unspecified atom stereocenters. The number of rotatable bonds is 11. The van der Waals surface area contributed by atoms with Crippen LogP contribution in [-0.4, -0.2) is 94.8 Å². The van der Waals surface area contributed by atoms with Crippen LogP contribution in [0, 0.1) is 0 Å². The number of pyridine rings is 1. The fourth-order valence-electron chi connectivity index (χ4n) is 4.47. The summed E-state index contributed by atoms with van der Waals surface area (Å²) in [6.45, 7) is 14.8. The number of likely N-dealkylation sites (N-methyl/N-ethyl adjacent to an activating group) is 1. The lowest BCUT2D eigenvalue weighted by atomic mass is 10.1. The quantitative estimate of drug-likeness (QED) is 0.190. The van der Waals surface area contributed by atoms with Crippen LogP contribution in [0.4, 0.5) is 5.82 Å². The van der Waals surface area contributed by atoms with Crippen molar-refractivity contribution in [3.8, 4) is 21.8 Å². The van der Waals surface area contributed by atoms with Gasteiger partial charge in [-0.05, 0) is 56.1 Å². The molecule has 43 heavy (non-hydrogen) atoms. The molecule has 0 spiro atoms. The van der Waals surface area contributed by atoms with Crippen LogP contribution in [0.3, 0.4) is 0 Å². The number of hydroxylamine groups is 2. The normalized spacial score (nSPS) is 12.9. The molecule has 5 rings (SSSR count). The van der Waals surface area contributed by atoms with E-state index in [2.05, 4.69) is 51.9 Å². The number of aromatic nitrogens is 4. The molecule has 4 aromatic rings. The predicted molar refractivity (Wildman–Crippen MR) is 173 cm³/mol. The third-order valence-corrected chi connectivity index (χ3v) is 8.00. The fraction of sp³-hybridized carbons (Fsp3) is 0.452. The van der Waals surface area contributed by atoms with Crippen LogP contribution in [0.1, 0.15) is 51.4 Å². The summed E-state index contributed by atoms with van der Waals surface area (Å²) in [5.41, 5.74) is 3.76. The van der Waals surface area contributed by atoms with Gasteiger partial charge in [0, 0.05) is 44.5 Å². The zero-order valence-corrected chi connectivity index (χ0v) is 27.1. The Bertz CT molecular complexity index is 1430. The van der Waals surface area contributed by atoms with Crippen molar-refractivity contribution < 1.29 is 14.4 Å². The Morgan fingerprint density at radius 1 is 1.16 bits per heavy atom. The van der Waals surface area contributed by atoms with Crippen molar-refractivity contribution in [2.75, 3.05) is 51.8 Å². The van der Waals surface area contributed by atoms with Gasteiger partial charge in [0.15, 0.2) is 5.65 Å². The molecule has 232 valence electrons. The van der Waals surface area contributed by atoms with Gasteiger partial charge >= 0.3 is 0 Å². The Labute approximate surface area is 258 Å². The smallest absolute Gasteiger partial charge is 0.251 e. The van der Waals surface area contributed by atoms with Gasteiger partial charge in [-0.3, -0.25) is 19.3 Å². The molecule has 0 bridgehead atoms. The summed E-state index contributed by atoms with van der Waals surface area (Å²) in [5.74, 6) is 0.739. The summed E-state index contributed by atoms with van der Waals surface area (Å²) in [4.78, 5) is 42.6. The van der Waals surface area contributed by atoms with Crippen molar-refractivity contribution in [2.24, 2.45) is 0 Å². The SMILES string of the molecule is CC.CCN(CC)C(C)CNC(=O)c1cc(-c2cnn3ccc(-c4cccs4)nc23)nc(N2CCC2)c1.CON(C)C=O. The van der Waals surface area contributed by atoms with Gasteiger partial charge in [0.05, 0.1) is 35.1 Å². The molecular formula is C31H44N8O3S. The number of nitrogens with zero attached hydrogens (tertiary/aromatic N) is 7. The molecule has 1 aliphatic heterocycles. The topological polar surface area (TPSA) is 108 Å². The lowest BCUT2D eigenvalue weighted by Gasteiger charge is -2.32. The Kier molecular flexibility index (Phi) is 13.0. The van der Waals surface area contributed by atoms with Crippen molar-refractivity contribution in [1.29, 1.82) is 0 Å². The average Bonchev–Trinajstić information content (AvgIpc) is 3.71. The fourth-order valence-corrected chi connectivity index (χ4v) is 5.16. The summed E-state index contributed by atoms with van der Waals surface area (Å²) in [7, 11) is 2.95. The van der Waals surface area contributed by atoms with Gasteiger partial charge in [0.2, 0.25) is 6.41 Å². The van der Waals surface area contributed by atoms with E-state index in [4.69, 9.17) is 9.97 Å². The molecule has 5 heterocycles. The van der Waals surface area contributed by atoms with Gasteiger partial charge in [-0.15, -0.1) is 11.3 Å². The Hall–Kier alpha value is -3.87. The third kappa shape index (κ3) is 8.59. The number of hydrogen-bond acceptors (Lipinski definition) is 9. The Balaban J connectivity index is 0.000000566. The Morgan fingerprint density at radius 3 is 2.47 bits per heavy atom. The maximum Gasteiger partial charge on any atom is 0.251 e. The van der Waals surface area contributed by atoms with Crippen molar-refractivity contribution in [1.82, 2.24) is 34.9 Å². The largest absolute Gasteiger partial charge is 0.356 e. The Morgan fingerprint density at radius 2 is 1.91 bits per heavy atom. The highest BCUT2D eigenvalue weighted by molar-refractivity contribution is 7.13. The van der Waals surface area contributed by atoms with Crippen molar-refractivity contribution in [2.45, 2.75) is 47.1 Å². The van der Waals surface area contributed by atoms with Gasteiger partial charge in [0.25, 0.3) is 5.91 Å². The van der Waals surface area contributed by atoms with Gasteiger partial charge in [-0.2, -0.15) is 5.10 Å². The minimum Gasteiger partial charge on any atom is -0.356 e. The average molecular weight is 609 g/mol. The van der Waals surface area contributed by atoms with Crippen molar-refractivity contribution in [3.63, 3.8) is 0 Å². The van der Waals surface area contributed by atoms with Crippen LogP contribution in [-0.2, 0) is 9.63 Å². The second-order valence-corrected chi connectivity index (χ2v) is 10.6. The first-order valence-corrected chi connectivity index (χ1v) is 15.7. The first-order chi connectivity index (χ1) is 20.9. The highest BCUT2D eigenvalue weighted by atomic mass is 32.1. The molecule has 1 atom stereocenters. The standard InChI is InChI=1S/C26H31N7OS.C3H7NO2.C2H6/c1-4-31(5-2)18(3)16-27-26(34)19-14-22(29-24(15-19)32-10-7-11-32)20-17-28-33-12-9-21(30-25(20)33)23-8-6-13-35-23;1-4(3-5)6-2;1-2/h6,8-9,12-15,17-18H,4-5,7,10-11,16H2,1-3H3,(H,27,34);3H,1-2H3;1-2H3. The molecule has 1 N–H and O–H groups in total. The zero-order valence-electron chi connectivity index (χ0n) is 26.3. The van der Waals surface area contributed by atoms with E-state index in [1.165, 1.54) is 14.2 Å². The maximum atomic E-state index is 13.2. The lowest BCUT2D eigenvalue weighted by Crippen LogP contribution is -2.42.